The van der Waals surface area contributed by atoms with Gasteiger partial charge in [-0.25, -0.2) is 52.4 Å². The van der Waals surface area contributed by atoms with Crippen molar-refractivity contribution in [2.45, 2.75) is 0 Å². The fraction of sp³-hybridized carbons (Fsp3) is 0. The second-order valence-corrected chi connectivity index (χ2v) is 9.28. The predicted octanol–water partition coefficient (Wildman–Crippen LogP) is 7.76. The summed E-state index contributed by atoms with van der Waals surface area (Å²) < 4.78 is 78.5. The van der Waals surface area contributed by atoms with Gasteiger partial charge in [0.05, 0.1) is 49.6 Å². The first-order valence-electron chi connectivity index (χ1n) is 12.4. The third kappa shape index (κ3) is 4.18. The maximum atomic E-state index is 17.0. The minimum absolute atomic E-state index is 0.417. The van der Waals surface area contributed by atoms with Crippen molar-refractivity contribution in [1.82, 2.24) is 4.98 Å². The van der Waals surface area contributed by atoms with Gasteiger partial charge in [-0.2, -0.15) is 14.9 Å². The van der Waals surface area contributed by atoms with Gasteiger partial charge in [-0.15, -0.1) is 0 Å². The Balaban J connectivity index is 2.07. The molecule has 0 N–H and O–H groups in total. The van der Waals surface area contributed by atoms with Gasteiger partial charge < -0.3 is 0 Å². The predicted molar refractivity (Wildman–Crippen MR) is 152 cm³/mol. The highest BCUT2D eigenvalue weighted by atomic mass is 19.1. The number of aromatic nitrogens is 1. The van der Waals surface area contributed by atoms with Gasteiger partial charge in [-0.05, 0) is 23.3 Å². The van der Waals surface area contributed by atoms with Crippen molar-refractivity contribution in [2.75, 3.05) is 0 Å². The number of nitrogens with zero attached hydrogens (tertiary/aromatic N) is 9. The Morgan fingerprint density at radius 2 is 1.26 bits per heavy atom. The Morgan fingerprint density at radius 3 is 1.79 bits per heavy atom. The van der Waals surface area contributed by atoms with Crippen molar-refractivity contribution in [2.24, 2.45) is 0 Å². The third-order valence-corrected chi connectivity index (χ3v) is 7.17. The van der Waals surface area contributed by atoms with Gasteiger partial charge in [-0.3, -0.25) is 0 Å². The number of nitriles is 4. The highest BCUT2D eigenvalue weighted by Crippen LogP contribution is 2.58. The van der Waals surface area contributed by atoms with Gasteiger partial charge in [0, 0.05) is 56.8 Å². The normalized spacial score (nSPS) is 14.7. The van der Waals surface area contributed by atoms with Crippen LogP contribution in [0, 0.1) is 101 Å². The van der Waals surface area contributed by atoms with Crippen LogP contribution in [0.3, 0.4) is 0 Å². The summed E-state index contributed by atoms with van der Waals surface area (Å²) in [6.45, 7) is 29.9. The van der Waals surface area contributed by atoms with E-state index in [1.807, 2.05) is 0 Å². The van der Waals surface area contributed by atoms with E-state index in [-0.39, 0.29) is 0 Å². The fourth-order valence-corrected chi connectivity index (χ4v) is 5.40. The van der Waals surface area contributed by atoms with Crippen LogP contribution in [0.4, 0.5) is 27.6 Å². The first-order chi connectivity index (χ1) is 22.6. The maximum absolute atomic E-state index is 17.0. The highest BCUT2D eigenvalue weighted by molar-refractivity contribution is 6.29. The standard InChI is InChI=1S/C33H4F5N9/c1-43-19-7-17(34)15(5-18(19)35)25-27(21(11-42)45-3)29-30(33(25)46-4)32(38)28-24(31(29)37)16(9-40)23(26(28)20(10-41)44-2)14-6-22(36)47-12-13(14)8-39/h5-7,12H/b26-20-,27-21+. The molecule has 2 aliphatic carbocycles. The SMILES string of the molecule is [C-]#[N+]C1=C(c2cc(F)c([N+]#[C-])cc2F)/C(=C(/C#N)[N+]#[C-])c2c(F)c3c(c(F)c21)/C(=C(/C#N)[N+]#[C-])C(c1cc(F)ncc1C#N)=C3C#N. The number of benzene rings is 2. The topological polar surface area (TPSA) is 125 Å². The van der Waals surface area contributed by atoms with Crippen LogP contribution in [-0.4, -0.2) is 4.98 Å². The fourth-order valence-electron chi connectivity index (χ4n) is 5.40. The molecule has 1 heterocycles. The average Bonchev–Trinajstić information content (AvgIpc) is 3.60. The van der Waals surface area contributed by atoms with Crippen molar-refractivity contribution in [1.29, 1.82) is 21.0 Å². The number of fused-ring (bicyclic) bond motifs is 2. The molecule has 0 aliphatic heterocycles. The lowest BCUT2D eigenvalue weighted by molar-refractivity contribution is 0.583. The zero-order chi connectivity index (χ0) is 34.3. The summed E-state index contributed by atoms with van der Waals surface area (Å²) in [4.78, 5) is 15.4. The van der Waals surface area contributed by atoms with E-state index in [0.717, 1.165) is 6.20 Å². The van der Waals surface area contributed by atoms with Crippen LogP contribution in [0.5, 0.6) is 0 Å². The summed E-state index contributed by atoms with van der Waals surface area (Å²) in [5, 5.41) is 39.5. The summed E-state index contributed by atoms with van der Waals surface area (Å²) in [6, 6.07) is 7.80. The Kier molecular flexibility index (Phi) is 7.36. The molecule has 14 heteroatoms. The molecule has 0 unspecified atom stereocenters. The average molecular weight is 621 g/mol. The summed E-state index contributed by atoms with van der Waals surface area (Å²) >= 11 is 0. The molecule has 0 atom stereocenters. The number of allylic oxidation sites excluding steroid dienone is 7. The second-order valence-electron chi connectivity index (χ2n) is 9.28. The maximum Gasteiger partial charge on any atom is 0.270 e. The molecule has 9 nitrogen and oxygen atoms in total. The molecular formula is C33H4F5N9. The first-order valence-corrected chi connectivity index (χ1v) is 12.4. The summed E-state index contributed by atoms with van der Waals surface area (Å²) in [5.41, 5.74) is -12.9. The zero-order valence-electron chi connectivity index (χ0n) is 22.7. The molecule has 1 aromatic heterocycles. The quantitative estimate of drug-likeness (QED) is 0.125. The number of pyridine rings is 1. The molecule has 2 aromatic carbocycles. The van der Waals surface area contributed by atoms with Gasteiger partial charge in [0.25, 0.3) is 11.4 Å². The summed E-state index contributed by atoms with van der Waals surface area (Å²) in [5.74, 6) is -6.99. The Morgan fingerprint density at radius 1 is 0.660 bits per heavy atom. The van der Waals surface area contributed by atoms with Crippen LogP contribution >= 0.6 is 0 Å². The van der Waals surface area contributed by atoms with Crippen LogP contribution in [0.1, 0.15) is 38.9 Å². The van der Waals surface area contributed by atoms with E-state index in [1.54, 1.807) is 12.1 Å². The van der Waals surface area contributed by atoms with Crippen LogP contribution in [0.25, 0.3) is 52.9 Å². The molecule has 0 spiro atoms. The summed E-state index contributed by atoms with van der Waals surface area (Å²) in [6.07, 6.45) is 0.749. The minimum Gasteiger partial charge on any atom is -0.237 e. The van der Waals surface area contributed by atoms with E-state index in [0.29, 0.717) is 18.2 Å². The summed E-state index contributed by atoms with van der Waals surface area (Å²) in [7, 11) is 0. The van der Waals surface area contributed by atoms with E-state index >= 15 is 13.2 Å². The number of rotatable bonds is 2. The molecule has 0 radical (unpaired) electrons. The van der Waals surface area contributed by atoms with Gasteiger partial charge >= 0.3 is 0 Å². The Hall–Kier alpha value is -7.88. The van der Waals surface area contributed by atoms with E-state index < -0.39 is 119 Å². The van der Waals surface area contributed by atoms with Gasteiger partial charge in [0.15, 0.2) is 0 Å². The highest BCUT2D eigenvalue weighted by Gasteiger charge is 2.44. The van der Waals surface area contributed by atoms with Crippen LogP contribution in [0.15, 0.2) is 35.8 Å². The van der Waals surface area contributed by atoms with Crippen LogP contribution < -0.4 is 0 Å². The molecule has 0 bridgehead atoms. The zero-order valence-corrected chi connectivity index (χ0v) is 22.7. The molecule has 47 heavy (non-hydrogen) atoms. The number of halogens is 5. The largest absolute Gasteiger partial charge is 0.270 e. The molecule has 0 saturated heterocycles. The molecule has 0 fully saturated rings. The first kappa shape index (κ1) is 30.6. The van der Waals surface area contributed by atoms with Crippen molar-refractivity contribution in [3.63, 3.8) is 0 Å². The van der Waals surface area contributed by atoms with Crippen molar-refractivity contribution >= 4 is 39.2 Å². The van der Waals surface area contributed by atoms with Gasteiger partial charge in [0.2, 0.25) is 17.3 Å². The lowest BCUT2D eigenvalue weighted by Gasteiger charge is -2.15. The third-order valence-electron chi connectivity index (χ3n) is 7.17. The Labute approximate surface area is 261 Å². The lowest BCUT2D eigenvalue weighted by atomic mass is 9.90. The van der Waals surface area contributed by atoms with Gasteiger partial charge in [0.1, 0.15) is 35.4 Å². The monoisotopic (exact) mass is 621 g/mol. The van der Waals surface area contributed by atoms with Crippen LogP contribution in [-0.2, 0) is 0 Å². The van der Waals surface area contributed by atoms with Crippen molar-refractivity contribution < 1.29 is 22.0 Å². The number of hydrogen-bond donors (Lipinski definition) is 0. The van der Waals surface area contributed by atoms with E-state index in [1.165, 1.54) is 12.1 Å². The smallest absolute Gasteiger partial charge is 0.237 e. The van der Waals surface area contributed by atoms with Gasteiger partial charge in [-0.1, -0.05) is 0 Å². The number of hydrogen-bond acceptors (Lipinski definition) is 5. The van der Waals surface area contributed by atoms with Crippen molar-refractivity contribution in [3.05, 3.63) is 150 Å². The lowest BCUT2D eigenvalue weighted by Crippen LogP contribution is -2.05. The van der Waals surface area contributed by atoms with Crippen molar-refractivity contribution in [3.8, 4) is 24.3 Å². The minimum atomic E-state index is -1.57. The molecule has 0 saturated carbocycles. The molecule has 5 rings (SSSR count). The molecule has 2 aliphatic rings. The van der Waals surface area contributed by atoms with Crippen LogP contribution in [0.2, 0.25) is 0 Å². The van der Waals surface area contributed by atoms with E-state index in [9.17, 15) is 29.8 Å². The molecule has 0 amide bonds. The van der Waals surface area contributed by atoms with E-state index in [4.69, 9.17) is 26.3 Å². The molecule has 3 aromatic rings. The van der Waals surface area contributed by atoms with E-state index in [2.05, 4.69) is 24.4 Å². The Bertz CT molecular complexity index is 2520. The molecule has 216 valence electrons. The molecular weight excluding hydrogens is 617 g/mol. The second kappa shape index (κ2) is 11.3.